The predicted molar refractivity (Wildman–Crippen MR) is 95.3 cm³/mol. The minimum atomic E-state index is -4.39. The van der Waals surface area contributed by atoms with Crippen LogP contribution in [0.1, 0.15) is 12.1 Å². The van der Waals surface area contributed by atoms with Gasteiger partial charge in [-0.05, 0) is 23.3 Å². The fraction of sp³-hybridized carbons (Fsp3) is 0.368. The summed E-state index contributed by atoms with van der Waals surface area (Å²) in [4.78, 5) is 6.01. The summed E-state index contributed by atoms with van der Waals surface area (Å²) >= 11 is 0. The highest BCUT2D eigenvalue weighted by Gasteiger charge is 2.43. The van der Waals surface area contributed by atoms with Crippen molar-refractivity contribution in [3.05, 3.63) is 48.4 Å². The van der Waals surface area contributed by atoms with Gasteiger partial charge in [-0.25, -0.2) is 4.68 Å². The Bertz CT molecular complexity index is 1000. The quantitative estimate of drug-likeness (QED) is 0.601. The van der Waals surface area contributed by atoms with Gasteiger partial charge in [0.2, 0.25) is 0 Å². The van der Waals surface area contributed by atoms with Crippen molar-refractivity contribution in [3.63, 3.8) is 0 Å². The highest BCUT2D eigenvalue weighted by molar-refractivity contribution is 5.94. The average molecular weight is 412 g/mol. The number of hydrogen-bond acceptors (Lipinski definition) is 4. The Morgan fingerprint density at radius 2 is 2.03 bits per heavy atom. The molecule has 1 aromatic carbocycles. The van der Waals surface area contributed by atoms with E-state index in [1.165, 1.54) is 12.4 Å². The van der Waals surface area contributed by atoms with Gasteiger partial charge in [0.15, 0.2) is 6.10 Å². The van der Waals surface area contributed by atoms with Crippen LogP contribution in [0.4, 0.5) is 22.0 Å². The monoisotopic (exact) mass is 412 g/mol. The Balaban J connectivity index is 1.57. The third kappa shape index (κ3) is 4.23. The molecule has 1 fully saturated rings. The van der Waals surface area contributed by atoms with Gasteiger partial charge in [0.1, 0.15) is 0 Å². The Morgan fingerprint density at radius 1 is 1.21 bits per heavy atom. The van der Waals surface area contributed by atoms with E-state index in [0.29, 0.717) is 34.4 Å². The number of halogens is 5. The van der Waals surface area contributed by atoms with Crippen LogP contribution in [0.5, 0.6) is 0 Å². The molecule has 3 heterocycles. The fourth-order valence-electron chi connectivity index (χ4n) is 3.43. The Morgan fingerprint density at radius 3 is 2.76 bits per heavy atom. The average Bonchev–Trinajstić information content (AvgIpc) is 3.17. The van der Waals surface area contributed by atoms with E-state index < -0.39 is 18.8 Å². The van der Waals surface area contributed by atoms with Crippen molar-refractivity contribution in [3.8, 4) is 11.1 Å². The number of rotatable bonds is 4. The van der Waals surface area contributed by atoms with Gasteiger partial charge in [0.05, 0.1) is 18.3 Å². The van der Waals surface area contributed by atoms with Crippen molar-refractivity contribution < 1.29 is 26.7 Å². The Kier molecular flexibility index (Phi) is 5.22. The number of pyridine rings is 1. The molecule has 29 heavy (non-hydrogen) atoms. The van der Waals surface area contributed by atoms with Gasteiger partial charge in [-0.1, -0.05) is 12.1 Å². The van der Waals surface area contributed by atoms with Crippen molar-refractivity contribution in [1.29, 1.82) is 0 Å². The number of benzene rings is 1. The van der Waals surface area contributed by atoms with E-state index >= 15 is 0 Å². The number of fused-ring (bicyclic) bond motifs is 1. The number of hydrogen-bond donors (Lipinski definition) is 0. The van der Waals surface area contributed by atoms with Crippen molar-refractivity contribution in [2.75, 3.05) is 19.7 Å². The lowest BCUT2D eigenvalue weighted by atomic mass is 10.0. The molecule has 2 aromatic heterocycles. The summed E-state index contributed by atoms with van der Waals surface area (Å²) < 4.78 is 69.7. The first-order chi connectivity index (χ1) is 13.8. The van der Waals surface area contributed by atoms with Crippen molar-refractivity contribution >= 4 is 10.9 Å². The van der Waals surface area contributed by atoms with E-state index in [0.717, 1.165) is 10.9 Å². The van der Waals surface area contributed by atoms with Gasteiger partial charge in [0.25, 0.3) is 0 Å². The SMILES string of the molecule is FC(F)n1cc(-c2ccnc3cc(CN4CCOC(C(F)(F)F)C4)ccc23)cn1. The maximum Gasteiger partial charge on any atom is 0.415 e. The molecule has 0 aliphatic carbocycles. The fourth-order valence-corrected chi connectivity index (χ4v) is 3.43. The number of morpholine rings is 1. The summed E-state index contributed by atoms with van der Waals surface area (Å²) in [6, 6.07) is 7.12. The molecule has 0 amide bonds. The van der Waals surface area contributed by atoms with Gasteiger partial charge in [0, 0.05) is 43.0 Å². The number of nitrogens with zero attached hydrogens (tertiary/aromatic N) is 4. The summed E-state index contributed by atoms with van der Waals surface area (Å²) in [5.41, 5.74) is 2.68. The maximum absolute atomic E-state index is 12.9. The molecule has 0 N–H and O–H groups in total. The second-order valence-electron chi connectivity index (χ2n) is 6.83. The Labute approximate surface area is 162 Å². The van der Waals surface area contributed by atoms with Crippen LogP contribution in [0.25, 0.3) is 22.0 Å². The van der Waals surface area contributed by atoms with Crippen LogP contribution in [-0.2, 0) is 11.3 Å². The summed E-state index contributed by atoms with van der Waals surface area (Å²) in [6.45, 7) is -2.18. The van der Waals surface area contributed by atoms with Gasteiger partial charge in [-0.3, -0.25) is 9.88 Å². The van der Waals surface area contributed by atoms with E-state index in [4.69, 9.17) is 4.74 Å². The largest absolute Gasteiger partial charge is 0.415 e. The van der Waals surface area contributed by atoms with Gasteiger partial charge < -0.3 is 4.74 Å². The highest BCUT2D eigenvalue weighted by Crippen LogP contribution is 2.30. The van der Waals surface area contributed by atoms with Gasteiger partial charge in [-0.15, -0.1) is 0 Å². The van der Waals surface area contributed by atoms with Gasteiger partial charge in [-0.2, -0.15) is 27.1 Å². The molecule has 1 aliphatic rings. The Hall–Kier alpha value is -2.59. The normalized spacial score (nSPS) is 18.6. The van der Waals surface area contributed by atoms with E-state index in [1.807, 2.05) is 6.07 Å². The van der Waals surface area contributed by atoms with Crippen LogP contribution in [-0.4, -0.2) is 51.6 Å². The minimum Gasteiger partial charge on any atom is -0.366 e. The minimum absolute atomic E-state index is 0.0221. The van der Waals surface area contributed by atoms with Crippen molar-refractivity contribution in [2.45, 2.75) is 25.4 Å². The second kappa shape index (κ2) is 7.68. The zero-order valence-electron chi connectivity index (χ0n) is 15.1. The van der Waals surface area contributed by atoms with E-state index in [9.17, 15) is 22.0 Å². The summed E-state index contributed by atoms with van der Waals surface area (Å²) in [5.74, 6) is 0. The van der Waals surface area contributed by atoms with Crippen LogP contribution in [0.3, 0.4) is 0 Å². The molecule has 0 spiro atoms. The first-order valence-corrected chi connectivity index (χ1v) is 8.92. The maximum atomic E-state index is 12.9. The second-order valence-corrected chi connectivity index (χ2v) is 6.83. The van der Waals surface area contributed by atoms with E-state index in [-0.39, 0.29) is 13.2 Å². The summed E-state index contributed by atoms with van der Waals surface area (Å²) in [5, 5.41) is 4.41. The van der Waals surface area contributed by atoms with Crippen LogP contribution in [0.15, 0.2) is 42.9 Å². The molecule has 1 unspecified atom stereocenters. The molecule has 5 nitrogen and oxygen atoms in total. The molecular formula is C19H17F5N4O. The number of alkyl halides is 5. The predicted octanol–water partition coefficient (Wildman–Crippen LogP) is 4.26. The van der Waals surface area contributed by atoms with E-state index in [1.54, 1.807) is 29.3 Å². The summed E-state index contributed by atoms with van der Waals surface area (Å²) in [6.07, 6.45) is -1.98. The van der Waals surface area contributed by atoms with Crippen LogP contribution in [0.2, 0.25) is 0 Å². The molecule has 1 saturated heterocycles. The molecule has 154 valence electrons. The first kappa shape index (κ1) is 19.7. The molecule has 0 saturated carbocycles. The molecule has 0 bridgehead atoms. The molecule has 10 heteroatoms. The smallest absolute Gasteiger partial charge is 0.366 e. The zero-order valence-corrected chi connectivity index (χ0v) is 15.1. The zero-order chi connectivity index (χ0) is 20.6. The lowest BCUT2D eigenvalue weighted by Gasteiger charge is -2.33. The van der Waals surface area contributed by atoms with Crippen LogP contribution >= 0.6 is 0 Å². The van der Waals surface area contributed by atoms with Crippen molar-refractivity contribution in [1.82, 2.24) is 19.7 Å². The lowest BCUT2D eigenvalue weighted by Crippen LogP contribution is -2.48. The topological polar surface area (TPSA) is 43.2 Å². The molecule has 4 rings (SSSR count). The first-order valence-electron chi connectivity index (χ1n) is 8.92. The lowest BCUT2D eigenvalue weighted by molar-refractivity contribution is -0.237. The summed E-state index contributed by atoms with van der Waals surface area (Å²) in [7, 11) is 0. The van der Waals surface area contributed by atoms with Crippen molar-refractivity contribution in [2.24, 2.45) is 0 Å². The number of ether oxygens (including phenoxy) is 1. The molecule has 1 atom stereocenters. The highest BCUT2D eigenvalue weighted by atomic mass is 19.4. The third-order valence-corrected chi connectivity index (χ3v) is 4.84. The van der Waals surface area contributed by atoms with Crippen LogP contribution in [0, 0.1) is 0 Å². The molecule has 3 aromatic rings. The standard InChI is InChI=1S/C19H17F5N4O/c20-18(21)28-10-13(8-26-28)14-3-4-25-16-7-12(1-2-15(14)16)9-27-5-6-29-17(11-27)19(22,23)24/h1-4,7-8,10,17-18H,5-6,9,11H2. The van der Waals surface area contributed by atoms with E-state index in [2.05, 4.69) is 10.1 Å². The third-order valence-electron chi connectivity index (χ3n) is 4.84. The molecule has 0 radical (unpaired) electrons. The number of aromatic nitrogens is 3. The molecular weight excluding hydrogens is 395 g/mol. The van der Waals surface area contributed by atoms with Gasteiger partial charge >= 0.3 is 12.7 Å². The van der Waals surface area contributed by atoms with Crippen LogP contribution < -0.4 is 0 Å². The molecule has 1 aliphatic heterocycles.